The zero-order chi connectivity index (χ0) is 28.2. The molecule has 0 saturated heterocycles. The lowest BCUT2D eigenvalue weighted by Crippen LogP contribution is -1.95. The summed E-state index contributed by atoms with van der Waals surface area (Å²) in [5.41, 5.74) is 8.90. The van der Waals surface area contributed by atoms with Gasteiger partial charge in [-0.2, -0.15) is 0 Å². The Bertz CT molecular complexity index is 1330. The van der Waals surface area contributed by atoms with Crippen LogP contribution in [0.3, 0.4) is 0 Å². The number of benzene rings is 1. The lowest BCUT2D eigenvalue weighted by Gasteiger charge is -2.02. The predicted octanol–water partition coefficient (Wildman–Crippen LogP) is 8.41. The molecule has 0 radical (unpaired) electrons. The molecule has 4 heterocycles. The fourth-order valence-electron chi connectivity index (χ4n) is 2.48. The lowest BCUT2D eigenvalue weighted by molar-refractivity contribution is 1.05. The normalized spacial score (nSPS) is 9.32. The first-order chi connectivity index (χ1) is 17.9. The number of hydrogen-bond donors (Lipinski definition) is 1. The molecule has 40 heavy (non-hydrogen) atoms. The van der Waals surface area contributed by atoms with Crippen LogP contribution in [0.4, 0.5) is 5.95 Å². The van der Waals surface area contributed by atoms with Crippen LogP contribution >= 0.6 is 58.0 Å². The zero-order valence-corrected chi connectivity index (χ0v) is 24.4. The Kier molecular flexibility index (Phi) is 17.1. The van der Waals surface area contributed by atoms with Crippen LogP contribution in [0.15, 0.2) is 49.1 Å². The van der Waals surface area contributed by atoms with E-state index in [1.165, 1.54) is 6.20 Å². The third-order valence-electron chi connectivity index (χ3n) is 4.08. The number of halogens is 5. The summed E-state index contributed by atoms with van der Waals surface area (Å²) in [6, 6.07) is 6.78. The number of fused-ring (bicyclic) bond motifs is 1. The van der Waals surface area contributed by atoms with E-state index >= 15 is 0 Å². The minimum Gasteiger partial charge on any atom is -0.368 e. The van der Waals surface area contributed by atoms with Crippen LogP contribution in [0.25, 0.3) is 11.0 Å². The monoisotopic (exact) mass is 643 g/mol. The van der Waals surface area contributed by atoms with Gasteiger partial charge < -0.3 is 5.73 Å². The number of aryl methyl sites for hydroxylation is 4. The van der Waals surface area contributed by atoms with E-state index < -0.39 is 0 Å². The van der Waals surface area contributed by atoms with Gasteiger partial charge in [-0.15, -0.1) is 0 Å². The van der Waals surface area contributed by atoms with Gasteiger partial charge in [-0.05, 0) is 52.0 Å². The fraction of sp³-hybridized carbons (Fsp3) is 0.231. The predicted molar refractivity (Wildman–Crippen MR) is 168 cm³/mol. The van der Waals surface area contributed by atoms with Gasteiger partial charge in [0.1, 0.15) is 16.1 Å². The van der Waals surface area contributed by atoms with Crippen LogP contribution < -0.4 is 5.73 Å². The summed E-state index contributed by atoms with van der Waals surface area (Å²) in [7, 11) is 0. The molecule has 0 unspecified atom stereocenters. The number of nitrogens with two attached hydrogens (primary N) is 1. The molecule has 0 aliphatic heterocycles. The second-order valence-corrected chi connectivity index (χ2v) is 9.27. The highest BCUT2D eigenvalue weighted by atomic mass is 35.5. The molecule has 4 aromatic heterocycles. The topological polar surface area (TPSA) is 129 Å². The van der Waals surface area contributed by atoms with E-state index in [9.17, 15) is 0 Å². The molecule has 5 aromatic rings. The summed E-state index contributed by atoms with van der Waals surface area (Å²) in [6.07, 6.45) is 6.62. The second kappa shape index (κ2) is 18.4. The van der Waals surface area contributed by atoms with Gasteiger partial charge in [0.05, 0.1) is 38.7 Å². The Hall–Kier alpha value is -2.95. The number of aromatic nitrogens is 8. The minimum atomic E-state index is 0. The van der Waals surface area contributed by atoms with Crippen LogP contribution in [0.2, 0.25) is 25.5 Å². The molecular formula is C26H30Cl5N9. The van der Waals surface area contributed by atoms with Gasteiger partial charge in [-0.1, -0.05) is 72.9 Å². The molecule has 0 saturated carbocycles. The highest BCUT2D eigenvalue weighted by Gasteiger charge is 2.06. The smallest absolute Gasteiger partial charge is 0.221 e. The zero-order valence-electron chi connectivity index (χ0n) is 20.7. The van der Waals surface area contributed by atoms with Gasteiger partial charge in [0.25, 0.3) is 0 Å². The molecular weight excluding hydrogens is 616 g/mol. The lowest BCUT2D eigenvalue weighted by atomic mass is 10.3. The first-order valence-corrected chi connectivity index (χ1v) is 12.6. The molecule has 9 nitrogen and oxygen atoms in total. The molecule has 0 aliphatic carbocycles. The summed E-state index contributed by atoms with van der Waals surface area (Å²) in [5.74, 6) is 1.04. The van der Waals surface area contributed by atoms with Crippen molar-refractivity contribution in [1.29, 1.82) is 0 Å². The van der Waals surface area contributed by atoms with E-state index in [4.69, 9.17) is 63.7 Å². The van der Waals surface area contributed by atoms with E-state index in [0.29, 0.717) is 42.2 Å². The van der Waals surface area contributed by atoms with Crippen molar-refractivity contribution in [2.75, 3.05) is 5.73 Å². The molecule has 0 spiro atoms. The van der Waals surface area contributed by atoms with Gasteiger partial charge in [0.2, 0.25) is 5.95 Å². The number of rotatable bonds is 0. The van der Waals surface area contributed by atoms with Gasteiger partial charge in [-0.25, -0.2) is 34.9 Å². The average Bonchev–Trinajstić information content (AvgIpc) is 2.82. The van der Waals surface area contributed by atoms with E-state index in [-0.39, 0.29) is 20.8 Å². The quantitative estimate of drug-likeness (QED) is 0.165. The summed E-state index contributed by atoms with van der Waals surface area (Å²) in [5, 5.41) is 2.14. The molecule has 5 rings (SSSR count). The molecule has 0 bridgehead atoms. The van der Waals surface area contributed by atoms with Crippen LogP contribution in [-0.2, 0) is 0 Å². The Morgan fingerprint density at radius 2 is 1.20 bits per heavy atom. The first kappa shape index (κ1) is 37.0. The number of nitrogen functional groups attached to an aromatic ring is 1. The largest absolute Gasteiger partial charge is 0.368 e. The van der Waals surface area contributed by atoms with E-state index in [2.05, 4.69) is 39.9 Å². The van der Waals surface area contributed by atoms with Crippen molar-refractivity contribution in [3.63, 3.8) is 0 Å². The molecule has 0 atom stereocenters. The van der Waals surface area contributed by atoms with Crippen LogP contribution in [0.5, 0.6) is 0 Å². The van der Waals surface area contributed by atoms with Crippen LogP contribution in [0, 0.1) is 27.7 Å². The van der Waals surface area contributed by atoms with Crippen molar-refractivity contribution in [1.82, 2.24) is 39.9 Å². The van der Waals surface area contributed by atoms with E-state index in [1.807, 2.05) is 20.8 Å². The number of nitrogens with zero attached hydrogens (tertiary/aromatic N) is 8. The number of anilines is 1. The standard InChI is InChI=1S/C9H5Cl3N2.C5H6ClN3.C5H5ClN2.C5H6N2.2CH4/c1-4-9(12)14-8-3-6(11)5(10)2-7(8)13-4;1-3-2-4(6)9-5(7)8-3;1-4-2-7-3-5(6)8-4;1-5-6-3-2-4-7-5;;/h2-3H,1H3;2H,1H3,(H2,7,8,9);2-3H,1H3;2-4H,1H3;2*1H4. The summed E-state index contributed by atoms with van der Waals surface area (Å²) in [4.78, 5) is 31.3. The van der Waals surface area contributed by atoms with Crippen molar-refractivity contribution < 1.29 is 0 Å². The Morgan fingerprint density at radius 1 is 0.625 bits per heavy atom. The van der Waals surface area contributed by atoms with Gasteiger partial charge >= 0.3 is 0 Å². The molecule has 2 N–H and O–H groups in total. The van der Waals surface area contributed by atoms with Gasteiger partial charge in [0, 0.05) is 24.3 Å². The maximum absolute atomic E-state index is 5.85. The van der Waals surface area contributed by atoms with Crippen molar-refractivity contribution in [3.8, 4) is 0 Å². The van der Waals surface area contributed by atoms with Crippen LogP contribution in [0.1, 0.15) is 37.8 Å². The Balaban J connectivity index is 0.000000518. The van der Waals surface area contributed by atoms with Crippen molar-refractivity contribution in [2.45, 2.75) is 42.5 Å². The molecule has 0 amide bonds. The molecule has 0 aliphatic rings. The van der Waals surface area contributed by atoms with Crippen molar-refractivity contribution >= 4 is 75.0 Å². The Labute approximate surface area is 259 Å². The third-order valence-corrected chi connectivity index (χ3v) is 5.54. The summed E-state index contributed by atoms with van der Waals surface area (Å²) >= 11 is 28.5. The summed E-state index contributed by atoms with van der Waals surface area (Å²) < 4.78 is 0. The minimum absolute atomic E-state index is 0. The van der Waals surface area contributed by atoms with E-state index in [0.717, 1.165) is 17.2 Å². The first-order valence-electron chi connectivity index (χ1n) is 10.7. The maximum atomic E-state index is 5.85. The Morgan fingerprint density at radius 3 is 1.62 bits per heavy atom. The third kappa shape index (κ3) is 13.4. The molecule has 214 valence electrons. The van der Waals surface area contributed by atoms with Crippen molar-refractivity contribution in [2.24, 2.45) is 0 Å². The van der Waals surface area contributed by atoms with Gasteiger partial charge in [0.15, 0.2) is 5.15 Å². The molecule has 1 aromatic carbocycles. The number of hydrogen-bond acceptors (Lipinski definition) is 9. The maximum Gasteiger partial charge on any atom is 0.221 e. The summed E-state index contributed by atoms with van der Waals surface area (Å²) in [6.45, 7) is 7.31. The molecule has 0 fully saturated rings. The fourth-order valence-corrected chi connectivity index (χ4v) is 3.36. The van der Waals surface area contributed by atoms with Crippen LogP contribution in [-0.4, -0.2) is 39.9 Å². The highest BCUT2D eigenvalue weighted by Crippen LogP contribution is 2.27. The average molecular weight is 646 g/mol. The van der Waals surface area contributed by atoms with Gasteiger partial charge in [-0.3, -0.25) is 4.98 Å². The second-order valence-electron chi connectivity index (χ2n) is 7.32. The molecule has 14 heteroatoms. The highest BCUT2D eigenvalue weighted by molar-refractivity contribution is 6.42. The SMILES string of the molecule is C.C.Cc1cc(Cl)nc(N)n1.Cc1cncc(Cl)n1.Cc1nc2cc(Cl)c(Cl)cc2nc1Cl.Cc1ncccn1. The van der Waals surface area contributed by atoms with Crippen molar-refractivity contribution in [3.05, 3.63) is 97.5 Å². The van der Waals surface area contributed by atoms with E-state index in [1.54, 1.807) is 49.8 Å².